The molecule has 0 heterocycles. The summed E-state index contributed by atoms with van der Waals surface area (Å²) in [4.78, 5) is 36.6. The number of esters is 2. The Balaban J connectivity index is 4.71. The number of carboxylic acids is 1. The number of carbonyl (C=O) groups excluding carboxylic acids is 3. The van der Waals surface area contributed by atoms with E-state index in [9.17, 15) is 19.5 Å². The lowest BCUT2D eigenvalue weighted by atomic mass is 10.1. The van der Waals surface area contributed by atoms with Crippen molar-refractivity contribution in [1.82, 2.24) is 0 Å². The molecular formula is C44H67NO7. The Kier molecular flexibility index (Phi) is 31.5. The molecule has 0 aliphatic rings. The molecule has 52 heavy (non-hydrogen) atoms. The van der Waals surface area contributed by atoms with E-state index in [2.05, 4.69) is 92.8 Å². The molecule has 0 saturated heterocycles. The summed E-state index contributed by atoms with van der Waals surface area (Å²) in [6.45, 7) is 4.19. The van der Waals surface area contributed by atoms with Gasteiger partial charge in [-0.2, -0.15) is 0 Å². The minimum atomic E-state index is -1.15. The van der Waals surface area contributed by atoms with Crippen LogP contribution in [0.1, 0.15) is 97.3 Å². The molecule has 2 atom stereocenters. The Morgan fingerprint density at radius 3 is 1.42 bits per heavy atom. The second-order valence-corrected chi connectivity index (χ2v) is 13.1. The minimum Gasteiger partial charge on any atom is -0.544 e. The molecule has 0 spiro atoms. The molecule has 0 saturated carbocycles. The third kappa shape index (κ3) is 31.9. The maximum Gasteiger partial charge on any atom is 0.310 e. The predicted octanol–water partition coefficient (Wildman–Crippen LogP) is 8.40. The number of aliphatic carboxylic acids is 1. The molecule has 0 aliphatic carbocycles. The standard InChI is InChI=1S/C44H67NO7/c1-6-8-10-12-14-16-18-20-21-23-25-27-29-31-33-35-43(47)52-40(38-50-37-36-41(44(48)49)45(3,4)5)39-51-42(46)34-32-30-28-26-24-22-19-17-15-13-11-9-7-2/h8-11,14-17,20-22,24-25,27-28,30-31,33,40-41H,6-7,12-13,18-19,23,26,29,32,34-39H2,1-5H3/b10-8-,11-9-,16-14-,17-15-,21-20-,24-22-,27-25-,30-28-,33-31-. The van der Waals surface area contributed by atoms with Crippen molar-refractivity contribution in [3.63, 3.8) is 0 Å². The summed E-state index contributed by atoms with van der Waals surface area (Å²) in [5.41, 5.74) is 0. The lowest BCUT2D eigenvalue weighted by molar-refractivity contribution is -0.889. The highest BCUT2D eigenvalue weighted by molar-refractivity contribution is 5.71. The van der Waals surface area contributed by atoms with E-state index in [0.717, 1.165) is 51.4 Å². The van der Waals surface area contributed by atoms with Gasteiger partial charge in [0.25, 0.3) is 0 Å². The van der Waals surface area contributed by atoms with E-state index in [0.29, 0.717) is 12.8 Å². The molecular weight excluding hydrogens is 654 g/mol. The Morgan fingerprint density at radius 2 is 1.00 bits per heavy atom. The van der Waals surface area contributed by atoms with Crippen LogP contribution in [0.15, 0.2) is 109 Å². The molecule has 0 fully saturated rings. The number of carbonyl (C=O) groups is 3. The molecule has 0 N–H and O–H groups in total. The van der Waals surface area contributed by atoms with Crippen LogP contribution in [0, 0.1) is 0 Å². The number of rotatable bonds is 31. The number of likely N-dealkylation sites (N-methyl/N-ethyl adjacent to an activating group) is 1. The summed E-state index contributed by atoms with van der Waals surface area (Å²) in [6, 6.07) is -0.757. The van der Waals surface area contributed by atoms with E-state index in [1.54, 1.807) is 27.2 Å². The van der Waals surface area contributed by atoms with Gasteiger partial charge in [-0.1, -0.05) is 123 Å². The summed E-state index contributed by atoms with van der Waals surface area (Å²) in [7, 11) is 5.33. The fourth-order valence-corrected chi connectivity index (χ4v) is 4.57. The molecule has 0 rings (SSSR count). The zero-order chi connectivity index (χ0) is 38.5. The Hall–Kier alpha value is -4.01. The van der Waals surface area contributed by atoms with Crippen LogP contribution in [0.3, 0.4) is 0 Å². The summed E-state index contributed by atoms with van der Waals surface area (Å²) in [5, 5.41) is 11.6. The number of hydrogen-bond donors (Lipinski definition) is 0. The van der Waals surface area contributed by atoms with Gasteiger partial charge in [-0.05, 0) is 64.2 Å². The van der Waals surface area contributed by atoms with Gasteiger partial charge in [0.1, 0.15) is 12.6 Å². The van der Waals surface area contributed by atoms with Crippen molar-refractivity contribution in [2.24, 2.45) is 0 Å². The van der Waals surface area contributed by atoms with Crippen molar-refractivity contribution >= 4 is 17.9 Å². The monoisotopic (exact) mass is 721 g/mol. The molecule has 0 amide bonds. The van der Waals surface area contributed by atoms with Crippen LogP contribution in [-0.2, 0) is 28.6 Å². The van der Waals surface area contributed by atoms with Crippen LogP contribution in [0.4, 0.5) is 0 Å². The number of quaternary nitrogens is 1. The first-order chi connectivity index (χ1) is 25.1. The first-order valence-corrected chi connectivity index (χ1v) is 18.9. The van der Waals surface area contributed by atoms with Crippen LogP contribution >= 0.6 is 0 Å². The van der Waals surface area contributed by atoms with Crippen molar-refractivity contribution in [3.8, 4) is 0 Å². The van der Waals surface area contributed by atoms with Gasteiger partial charge in [0.2, 0.25) is 0 Å². The van der Waals surface area contributed by atoms with Gasteiger partial charge in [0, 0.05) is 12.8 Å². The molecule has 8 nitrogen and oxygen atoms in total. The highest BCUT2D eigenvalue weighted by atomic mass is 16.6. The predicted molar refractivity (Wildman–Crippen MR) is 212 cm³/mol. The van der Waals surface area contributed by atoms with Gasteiger partial charge in [-0.3, -0.25) is 9.59 Å². The van der Waals surface area contributed by atoms with Gasteiger partial charge >= 0.3 is 11.9 Å². The number of carboxylic acid groups (broad SMARTS) is 1. The normalized spacial score (nSPS) is 14.2. The van der Waals surface area contributed by atoms with Crippen molar-refractivity contribution < 1.29 is 38.2 Å². The van der Waals surface area contributed by atoms with Crippen molar-refractivity contribution in [2.75, 3.05) is 41.0 Å². The first kappa shape index (κ1) is 48.0. The van der Waals surface area contributed by atoms with Crippen LogP contribution in [0.5, 0.6) is 0 Å². The molecule has 0 aliphatic heterocycles. The zero-order valence-electron chi connectivity index (χ0n) is 32.7. The molecule has 0 radical (unpaired) electrons. The van der Waals surface area contributed by atoms with Crippen molar-refractivity contribution in [3.05, 3.63) is 109 Å². The fraction of sp³-hybridized carbons (Fsp3) is 0.523. The van der Waals surface area contributed by atoms with E-state index in [1.165, 1.54) is 0 Å². The number of hydrogen-bond acceptors (Lipinski definition) is 7. The largest absolute Gasteiger partial charge is 0.544 e. The average molecular weight is 722 g/mol. The molecule has 0 aromatic carbocycles. The van der Waals surface area contributed by atoms with E-state index in [4.69, 9.17) is 14.2 Å². The maximum atomic E-state index is 12.6. The summed E-state index contributed by atoms with van der Waals surface area (Å²) in [5.74, 6) is -2.02. The third-order valence-corrected chi connectivity index (χ3v) is 7.45. The highest BCUT2D eigenvalue weighted by Gasteiger charge is 2.25. The third-order valence-electron chi connectivity index (χ3n) is 7.45. The van der Waals surface area contributed by atoms with Crippen LogP contribution in [0.25, 0.3) is 0 Å². The molecule has 2 unspecified atom stereocenters. The molecule has 0 bridgehead atoms. The Labute approximate surface area is 315 Å². The Bertz CT molecular complexity index is 1210. The average Bonchev–Trinajstić information content (AvgIpc) is 3.09. The van der Waals surface area contributed by atoms with Gasteiger partial charge < -0.3 is 28.6 Å². The maximum absolute atomic E-state index is 12.6. The van der Waals surface area contributed by atoms with Crippen LogP contribution < -0.4 is 5.11 Å². The van der Waals surface area contributed by atoms with Gasteiger partial charge in [0.15, 0.2) is 6.10 Å². The van der Waals surface area contributed by atoms with E-state index in [-0.39, 0.29) is 43.6 Å². The van der Waals surface area contributed by atoms with E-state index < -0.39 is 30.1 Å². The number of nitrogens with zero attached hydrogens (tertiary/aromatic N) is 1. The summed E-state index contributed by atoms with van der Waals surface area (Å²) in [6.07, 6.45) is 45.9. The van der Waals surface area contributed by atoms with Crippen LogP contribution in [-0.4, -0.2) is 75.5 Å². The zero-order valence-corrected chi connectivity index (χ0v) is 32.7. The van der Waals surface area contributed by atoms with Crippen molar-refractivity contribution in [1.29, 1.82) is 0 Å². The van der Waals surface area contributed by atoms with Crippen molar-refractivity contribution in [2.45, 2.75) is 109 Å². The van der Waals surface area contributed by atoms with E-state index >= 15 is 0 Å². The fourth-order valence-electron chi connectivity index (χ4n) is 4.57. The first-order valence-electron chi connectivity index (χ1n) is 18.9. The molecule has 0 aromatic rings. The number of ether oxygens (including phenoxy) is 3. The van der Waals surface area contributed by atoms with Gasteiger partial charge in [0.05, 0.1) is 46.7 Å². The SMILES string of the molecule is CC/C=C\C/C=C\C/C=C\C/C=C\C/C=C\CC(=O)OC(COCCC(C(=O)[O-])[N+](C)(C)C)COC(=O)CC/C=C\C/C=C\C/C=C\C/C=C\CC. The second-order valence-electron chi connectivity index (χ2n) is 13.1. The summed E-state index contributed by atoms with van der Waals surface area (Å²) >= 11 is 0. The molecule has 290 valence electrons. The van der Waals surface area contributed by atoms with Gasteiger partial charge in [-0.25, -0.2) is 0 Å². The quantitative estimate of drug-likeness (QED) is 0.0307. The Morgan fingerprint density at radius 1 is 0.577 bits per heavy atom. The topological polar surface area (TPSA) is 102 Å². The lowest BCUT2D eigenvalue weighted by Crippen LogP contribution is -2.55. The lowest BCUT2D eigenvalue weighted by Gasteiger charge is -2.34. The van der Waals surface area contributed by atoms with Gasteiger partial charge in [-0.15, -0.1) is 0 Å². The number of allylic oxidation sites excluding steroid dienone is 17. The van der Waals surface area contributed by atoms with Crippen LogP contribution in [0.2, 0.25) is 0 Å². The van der Waals surface area contributed by atoms with E-state index in [1.807, 2.05) is 24.3 Å². The minimum absolute atomic E-state index is 0.0293. The molecule has 8 heteroatoms. The molecule has 0 aromatic heterocycles. The second kappa shape index (κ2) is 34.1. The smallest absolute Gasteiger partial charge is 0.310 e. The highest BCUT2D eigenvalue weighted by Crippen LogP contribution is 2.09. The summed E-state index contributed by atoms with van der Waals surface area (Å²) < 4.78 is 16.9.